The molecule has 1 amide bonds. The fourth-order valence-electron chi connectivity index (χ4n) is 4.69. The van der Waals surface area contributed by atoms with Crippen molar-refractivity contribution in [3.63, 3.8) is 0 Å². The van der Waals surface area contributed by atoms with E-state index < -0.39 is 17.6 Å². The number of carbonyl (C=O) groups is 1. The highest BCUT2D eigenvalue weighted by Crippen LogP contribution is 2.47. The minimum Gasteiger partial charge on any atom is -0.493 e. The van der Waals surface area contributed by atoms with Gasteiger partial charge in [-0.1, -0.05) is 36.4 Å². The molecule has 0 saturated heterocycles. The molecule has 4 rings (SSSR count). The number of methoxy groups -OCH3 is 1. The molecule has 172 valence electrons. The van der Waals surface area contributed by atoms with E-state index in [-0.39, 0.29) is 23.5 Å². The Labute approximate surface area is 195 Å². The van der Waals surface area contributed by atoms with E-state index in [1.165, 1.54) is 13.2 Å². The molecule has 3 N–H and O–H groups in total. The molecule has 0 aliphatic heterocycles. The summed E-state index contributed by atoms with van der Waals surface area (Å²) < 4.78 is 33.6. The highest BCUT2D eigenvalue weighted by Gasteiger charge is 2.38. The third-order valence-corrected chi connectivity index (χ3v) is 6.73. The van der Waals surface area contributed by atoms with Gasteiger partial charge in [-0.2, -0.15) is 4.39 Å². The number of carbonyl (C=O) groups excluding carboxylic acids is 1. The molecule has 0 spiro atoms. The Morgan fingerprint density at radius 3 is 2.67 bits per heavy atom. The summed E-state index contributed by atoms with van der Waals surface area (Å²) in [5.74, 6) is -2.93. The number of hydrogen-bond donors (Lipinski definition) is 2. The van der Waals surface area contributed by atoms with Crippen LogP contribution in [0.3, 0.4) is 0 Å². The van der Waals surface area contributed by atoms with Crippen molar-refractivity contribution < 1.29 is 18.3 Å². The number of ether oxygens (including phenoxy) is 1. The molecule has 1 aromatic heterocycles. The van der Waals surface area contributed by atoms with E-state index in [0.717, 1.165) is 30.0 Å². The lowest BCUT2D eigenvalue weighted by atomic mass is 9.69. The van der Waals surface area contributed by atoms with Gasteiger partial charge in [0.25, 0.3) is 0 Å². The van der Waals surface area contributed by atoms with Gasteiger partial charge in [-0.15, -0.1) is 0 Å². The van der Waals surface area contributed by atoms with Gasteiger partial charge in [-0.25, -0.2) is 9.37 Å². The average molecular weight is 470 g/mol. The van der Waals surface area contributed by atoms with E-state index in [0.29, 0.717) is 29.1 Å². The maximum absolute atomic E-state index is 14.5. The van der Waals surface area contributed by atoms with E-state index in [1.807, 2.05) is 18.2 Å². The summed E-state index contributed by atoms with van der Waals surface area (Å²) in [5.41, 5.74) is 2.26. The Hall–Kier alpha value is -2.97. The summed E-state index contributed by atoms with van der Waals surface area (Å²) in [4.78, 5) is 17.6. The van der Waals surface area contributed by atoms with Crippen molar-refractivity contribution in [2.24, 2.45) is 11.1 Å². The molecule has 5 nitrogen and oxygen atoms in total. The summed E-state index contributed by atoms with van der Waals surface area (Å²) in [6, 6.07) is 16.1. The number of hydrogen-bond acceptors (Lipinski definition) is 5. The number of anilines is 1. The van der Waals surface area contributed by atoms with Gasteiger partial charge in [0.05, 0.1) is 7.11 Å². The van der Waals surface area contributed by atoms with Crippen LogP contribution < -0.4 is 15.2 Å². The van der Waals surface area contributed by atoms with Crippen LogP contribution in [0.25, 0.3) is 0 Å². The van der Waals surface area contributed by atoms with Crippen molar-refractivity contribution in [1.29, 1.82) is 0 Å². The first-order valence-electron chi connectivity index (χ1n) is 10.7. The predicted octanol–water partition coefficient (Wildman–Crippen LogP) is 5.64. The Morgan fingerprint density at radius 2 is 1.94 bits per heavy atom. The number of rotatable bonds is 6. The average Bonchev–Trinajstić information content (AvgIpc) is 2.86. The van der Waals surface area contributed by atoms with E-state index >= 15 is 0 Å². The van der Waals surface area contributed by atoms with Gasteiger partial charge in [0, 0.05) is 23.4 Å². The van der Waals surface area contributed by atoms with Crippen molar-refractivity contribution >= 4 is 23.5 Å². The number of amides is 1. The first-order chi connectivity index (χ1) is 16.0. The number of halogens is 2. The fourth-order valence-corrected chi connectivity index (χ4v) is 5.01. The summed E-state index contributed by atoms with van der Waals surface area (Å²) in [6.45, 7) is 0. The van der Waals surface area contributed by atoms with Crippen LogP contribution in [0.15, 0.2) is 65.8 Å². The maximum atomic E-state index is 14.5. The summed E-state index contributed by atoms with van der Waals surface area (Å²) in [6.07, 6.45) is 3.61. The lowest BCUT2D eigenvalue weighted by Gasteiger charge is -2.36. The predicted molar refractivity (Wildman–Crippen MR) is 125 cm³/mol. The van der Waals surface area contributed by atoms with Crippen molar-refractivity contribution in [2.45, 2.75) is 36.1 Å². The topological polar surface area (TPSA) is 77.2 Å². The van der Waals surface area contributed by atoms with Crippen LogP contribution in [0, 0.1) is 17.6 Å². The second-order valence-corrected chi connectivity index (χ2v) is 8.76. The molecule has 0 bridgehead atoms. The second kappa shape index (κ2) is 10.3. The highest BCUT2D eigenvalue weighted by molar-refractivity contribution is 7.97. The molecule has 1 aliphatic rings. The molecule has 1 aliphatic carbocycles. The van der Waals surface area contributed by atoms with Crippen LogP contribution in [-0.2, 0) is 4.79 Å². The lowest BCUT2D eigenvalue weighted by molar-refractivity contribution is -0.121. The molecule has 0 radical (unpaired) electrons. The van der Waals surface area contributed by atoms with Crippen LogP contribution in [0.1, 0.15) is 42.2 Å². The van der Waals surface area contributed by atoms with Gasteiger partial charge >= 0.3 is 0 Å². The Kier molecular flexibility index (Phi) is 7.25. The van der Waals surface area contributed by atoms with Gasteiger partial charge < -0.3 is 10.1 Å². The molecule has 1 heterocycles. The molecule has 1 saturated carbocycles. The Bertz CT molecular complexity index is 1130. The summed E-state index contributed by atoms with van der Waals surface area (Å²) in [7, 11) is 1.31. The van der Waals surface area contributed by atoms with E-state index in [1.54, 1.807) is 18.3 Å². The number of aromatic nitrogens is 1. The first-order valence-corrected chi connectivity index (χ1v) is 11.6. The van der Waals surface area contributed by atoms with E-state index in [2.05, 4.69) is 22.4 Å². The largest absolute Gasteiger partial charge is 0.493 e. The minimum atomic E-state index is -1.03. The first kappa shape index (κ1) is 23.2. The molecular formula is C25H25F2N3O2S. The fraction of sp³-hybridized carbons (Fsp3) is 0.280. The summed E-state index contributed by atoms with van der Waals surface area (Å²) >= 11 is 0.992. The minimum absolute atomic E-state index is 0.137. The normalized spacial score (nSPS) is 20.3. The van der Waals surface area contributed by atoms with E-state index in [9.17, 15) is 13.6 Å². The standard InChI is InChI=1S/C25H25F2N3O2S/c1-32-24-19(9-10-21(26)23(24)27)18-8-7-16(15-5-3-2-4-6-15)13-20(18)25(31)30-17-11-12-29-22(14-17)33-28/h2-6,9-12,14,16,18,20H,7-8,13,28H2,1H3,(H,29,30,31). The van der Waals surface area contributed by atoms with Gasteiger partial charge in [0.2, 0.25) is 11.7 Å². The molecule has 3 atom stereocenters. The molecule has 3 unspecified atom stereocenters. The zero-order valence-electron chi connectivity index (χ0n) is 18.1. The SMILES string of the molecule is COc1c(C2CCC(c3ccccc3)CC2C(=O)Nc2ccnc(SN)c2)ccc(F)c1F. The second-order valence-electron chi connectivity index (χ2n) is 8.11. The van der Waals surface area contributed by atoms with Crippen LogP contribution >= 0.6 is 11.9 Å². The molecule has 8 heteroatoms. The number of pyridine rings is 1. The number of nitrogens with one attached hydrogen (secondary N) is 1. The van der Waals surface area contributed by atoms with E-state index in [4.69, 9.17) is 9.88 Å². The Balaban J connectivity index is 1.68. The van der Waals surface area contributed by atoms with Crippen molar-refractivity contribution in [3.05, 3.63) is 83.6 Å². The lowest BCUT2D eigenvalue weighted by Crippen LogP contribution is -2.33. The van der Waals surface area contributed by atoms with Crippen LogP contribution in [0.2, 0.25) is 0 Å². The van der Waals surface area contributed by atoms with Crippen LogP contribution in [-0.4, -0.2) is 18.0 Å². The van der Waals surface area contributed by atoms with Crippen LogP contribution in [0.5, 0.6) is 5.75 Å². The maximum Gasteiger partial charge on any atom is 0.228 e. The van der Waals surface area contributed by atoms with Gasteiger partial charge in [0.1, 0.15) is 5.03 Å². The molecule has 3 aromatic rings. The van der Waals surface area contributed by atoms with Crippen molar-refractivity contribution in [3.8, 4) is 5.75 Å². The van der Waals surface area contributed by atoms with Gasteiger partial charge in [-0.3, -0.25) is 9.93 Å². The van der Waals surface area contributed by atoms with Crippen molar-refractivity contribution in [1.82, 2.24) is 4.98 Å². The number of nitrogens with zero attached hydrogens (tertiary/aromatic N) is 1. The monoisotopic (exact) mass is 469 g/mol. The summed E-state index contributed by atoms with van der Waals surface area (Å²) in [5, 5.41) is 9.14. The quantitative estimate of drug-likeness (QED) is 0.457. The third kappa shape index (κ3) is 5.02. The van der Waals surface area contributed by atoms with Gasteiger partial charge in [0.15, 0.2) is 11.6 Å². The van der Waals surface area contributed by atoms with Gasteiger partial charge in [-0.05, 0) is 66.8 Å². The Morgan fingerprint density at radius 1 is 1.15 bits per heavy atom. The smallest absolute Gasteiger partial charge is 0.228 e. The molecule has 33 heavy (non-hydrogen) atoms. The van der Waals surface area contributed by atoms with Crippen LogP contribution in [0.4, 0.5) is 14.5 Å². The zero-order valence-corrected chi connectivity index (χ0v) is 18.9. The molecular weight excluding hydrogens is 444 g/mol. The number of nitrogens with two attached hydrogens (primary N) is 1. The third-order valence-electron chi connectivity index (χ3n) is 6.27. The number of benzene rings is 2. The zero-order chi connectivity index (χ0) is 23.4. The van der Waals surface area contributed by atoms with Crippen molar-refractivity contribution in [2.75, 3.05) is 12.4 Å². The molecule has 1 fully saturated rings. The highest BCUT2D eigenvalue weighted by atomic mass is 32.2. The molecule has 2 aromatic carbocycles.